The van der Waals surface area contributed by atoms with Gasteiger partial charge in [-0.2, -0.15) is 39.5 Å². The molecule has 1 aromatic heterocycles. The molecule has 4 rings (SSSR count). The van der Waals surface area contributed by atoms with E-state index in [2.05, 4.69) is 4.98 Å². The summed E-state index contributed by atoms with van der Waals surface area (Å²) in [5.41, 5.74) is -4.16. The number of rotatable bonds is 5. The Kier molecular flexibility index (Phi) is 8.22. The summed E-state index contributed by atoms with van der Waals surface area (Å²) in [6, 6.07) is 2.95. The molecule has 0 saturated carbocycles. The van der Waals surface area contributed by atoms with Crippen LogP contribution in [0.15, 0.2) is 42.6 Å². The number of ether oxygens (including phenoxy) is 1. The molecule has 3 aromatic rings. The number of halogens is 10. The molecule has 0 bridgehead atoms. The molecule has 1 aliphatic rings. The fourth-order valence-corrected chi connectivity index (χ4v) is 4.93. The highest BCUT2D eigenvalue weighted by Crippen LogP contribution is 2.42. The molecule has 1 saturated heterocycles. The van der Waals surface area contributed by atoms with Crippen molar-refractivity contribution in [1.82, 2.24) is 9.88 Å². The Hall–Kier alpha value is -3.84. The molecule has 0 N–H and O–H groups in total. The highest BCUT2D eigenvalue weighted by Gasteiger charge is 2.44. The van der Waals surface area contributed by atoms with Crippen LogP contribution in [0.3, 0.4) is 0 Å². The summed E-state index contributed by atoms with van der Waals surface area (Å²) in [5, 5.41) is 0. The minimum absolute atomic E-state index is 0.0684. The lowest BCUT2D eigenvalue weighted by Gasteiger charge is -2.24. The van der Waals surface area contributed by atoms with E-state index in [-0.39, 0.29) is 28.7 Å². The number of carbonyl (C=O) groups excluding carboxylic acids is 1. The van der Waals surface area contributed by atoms with E-state index in [1.807, 2.05) is 0 Å². The zero-order valence-electron chi connectivity index (χ0n) is 23.0. The molecule has 1 amide bonds. The van der Waals surface area contributed by atoms with Gasteiger partial charge in [0.1, 0.15) is 17.6 Å². The Balaban J connectivity index is 1.80. The molecule has 0 unspecified atom stereocenters. The lowest BCUT2D eigenvalue weighted by Crippen LogP contribution is -2.32. The number of nitrogens with zero attached hydrogens (tertiary/aromatic N) is 2. The van der Waals surface area contributed by atoms with E-state index in [0.29, 0.717) is 29.3 Å². The number of cyclic esters (lactones) is 1. The van der Waals surface area contributed by atoms with Crippen molar-refractivity contribution in [2.24, 2.45) is 0 Å². The SMILES string of the molecule is Cc1cc(F)c(C(C)C)cc1-c1cnc(C(F)(F)F)cc1CN1C(=O)O[C@H](c2cc(C(F)(F)F)cc(C(F)(F)F)c2)[C@@H]1C. The van der Waals surface area contributed by atoms with E-state index in [0.717, 1.165) is 11.1 Å². The van der Waals surface area contributed by atoms with Crippen molar-refractivity contribution < 1.29 is 53.4 Å². The maximum Gasteiger partial charge on any atom is 0.433 e. The van der Waals surface area contributed by atoms with Crippen molar-refractivity contribution in [2.45, 2.75) is 70.8 Å². The van der Waals surface area contributed by atoms with Gasteiger partial charge in [-0.15, -0.1) is 0 Å². The van der Waals surface area contributed by atoms with Crippen molar-refractivity contribution in [3.8, 4) is 11.1 Å². The van der Waals surface area contributed by atoms with E-state index in [9.17, 15) is 48.7 Å². The van der Waals surface area contributed by atoms with Gasteiger partial charge >= 0.3 is 24.6 Å². The van der Waals surface area contributed by atoms with Gasteiger partial charge in [-0.3, -0.25) is 9.88 Å². The number of aromatic nitrogens is 1. The quantitative estimate of drug-likeness (QED) is 0.266. The van der Waals surface area contributed by atoms with Crippen LogP contribution in [0.1, 0.15) is 71.9 Å². The van der Waals surface area contributed by atoms with Crippen molar-refractivity contribution in [2.75, 3.05) is 0 Å². The highest BCUT2D eigenvalue weighted by atomic mass is 19.4. The predicted molar refractivity (Wildman–Crippen MR) is 134 cm³/mol. The normalized spacial score (nSPS) is 18.0. The van der Waals surface area contributed by atoms with Crippen LogP contribution in [-0.4, -0.2) is 22.0 Å². The third-order valence-corrected chi connectivity index (χ3v) is 7.21. The van der Waals surface area contributed by atoms with Gasteiger partial charge in [0.15, 0.2) is 0 Å². The summed E-state index contributed by atoms with van der Waals surface area (Å²) in [7, 11) is 0. The first-order valence-corrected chi connectivity index (χ1v) is 12.8. The van der Waals surface area contributed by atoms with Crippen LogP contribution in [0.4, 0.5) is 48.7 Å². The molecule has 2 aromatic carbocycles. The molecule has 43 heavy (non-hydrogen) atoms. The molecule has 14 heteroatoms. The Morgan fingerprint density at radius 2 is 1.44 bits per heavy atom. The molecular formula is C29H24F10N2O2. The molecule has 2 atom stereocenters. The molecule has 1 fully saturated rings. The van der Waals surface area contributed by atoms with Gasteiger partial charge in [-0.05, 0) is 84.0 Å². The minimum Gasteiger partial charge on any atom is -0.439 e. The van der Waals surface area contributed by atoms with Crippen LogP contribution in [0.25, 0.3) is 11.1 Å². The minimum atomic E-state index is -5.15. The summed E-state index contributed by atoms with van der Waals surface area (Å²) in [4.78, 5) is 17.3. The number of alkyl halides is 9. The first-order chi connectivity index (χ1) is 19.7. The van der Waals surface area contributed by atoms with Gasteiger partial charge in [-0.1, -0.05) is 13.8 Å². The second kappa shape index (κ2) is 11.0. The Morgan fingerprint density at radius 3 is 1.95 bits per heavy atom. The van der Waals surface area contributed by atoms with Gasteiger partial charge in [0.25, 0.3) is 0 Å². The van der Waals surface area contributed by atoms with Crippen LogP contribution in [0.5, 0.6) is 0 Å². The fourth-order valence-electron chi connectivity index (χ4n) is 4.93. The van der Waals surface area contributed by atoms with E-state index in [1.165, 1.54) is 26.0 Å². The zero-order chi connectivity index (χ0) is 32.2. The Labute approximate surface area is 239 Å². The molecule has 0 spiro atoms. The number of amides is 1. The molecular weight excluding hydrogens is 598 g/mol. The fraction of sp³-hybridized carbons (Fsp3) is 0.379. The lowest BCUT2D eigenvalue weighted by molar-refractivity contribution is -0.143. The van der Waals surface area contributed by atoms with Gasteiger partial charge in [0, 0.05) is 11.8 Å². The average molecular weight is 623 g/mol. The van der Waals surface area contributed by atoms with E-state index < -0.39 is 71.5 Å². The number of hydrogen-bond acceptors (Lipinski definition) is 3. The van der Waals surface area contributed by atoms with Crippen LogP contribution in [-0.2, 0) is 29.8 Å². The first kappa shape index (κ1) is 32.1. The molecule has 1 aliphatic heterocycles. The highest BCUT2D eigenvalue weighted by molar-refractivity contribution is 5.74. The van der Waals surface area contributed by atoms with E-state index in [1.54, 1.807) is 13.8 Å². The zero-order valence-corrected chi connectivity index (χ0v) is 23.0. The molecule has 2 heterocycles. The van der Waals surface area contributed by atoms with Crippen LogP contribution >= 0.6 is 0 Å². The number of benzene rings is 2. The Bertz CT molecular complexity index is 1510. The second-order valence-corrected chi connectivity index (χ2v) is 10.6. The van der Waals surface area contributed by atoms with Gasteiger partial charge in [0.2, 0.25) is 0 Å². The topological polar surface area (TPSA) is 42.4 Å². The van der Waals surface area contributed by atoms with Crippen molar-refractivity contribution in [3.63, 3.8) is 0 Å². The van der Waals surface area contributed by atoms with Crippen LogP contribution in [0, 0.1) is 12.7 Å². The van der Waals surface area contributed by atoms with E-state index in [4.69, 9.17) is 4.74 Å². The molecule has 232 valence electrons. The molecule has 4 nitrogen and oxygen atoms in total. The van der Waals surface area contributed by atoms with Crippen LogP contribution in [0.2, 0.25) is 0 Å². The first-order valence-electron chi connectivity index (χ1n) is 12.8. The standard InChI is InChI=1S/C29H24F10N2O2/c1-13(2)20-10-21(14(3)5-23(20)30)22-11-40-24(29(37,38)39)8-17(22)12-41-15(4)25(43-26(41)42)16-6-18(27(31,32)33)9-19(7-16)28(34,35)36/h5-11,13,15,25H,12H2,1-4H3/t15-,25-/m0/s1. The van der Waals surface area contributed by atoms with Crippen molar-refractivity contribution >= 4 is 6.09 Å². The third-order valence-electron chi connectivity index (χ3n) is 7.21. The summed E-state index contributed by atoms with van der Waals surface area (Å²) in [6.07, 6.45) is -17.0. The monoisotopic (exact) mass is 622 g/mol. The largest absolute Gasteiger partial charge is 0.439 e. The Morgan fingerprint density at radius 1 is 0.860 bits per heavy atom. The van der Waals surface area contributed by atoms with Gasteiger partial charge in [0.05, 0.1) is 23.7 Å². The number of aryl methyl sites for hydroxylation is 1. The lowest BCUT2D eigenvalue weighted by atomic mass is 9.91. The molecule has 0 aliphatic carbocycles. The average Bonchev–Trinajstić information content (AvgIpc) is 3.15. The van der Waals surface area contributed by atoms with Crippen molar-refractivity contribution in [3.05, 3.63) is 87.5 Å². The third kappa shape index (κ3) is 6.57. The number of carbonyl (C=O) groups is 1. The maximum atomic E-state index is 14.6. The summed E-state index contributed by atoms with van der Waals surface area (Å²) in [5.74, 6) is -0.829. The van der Waals surface area contributed by atoms with Gasteiger partial charge in [-0.25, -0.2) is 9.18 Å². The van der Waals surface area contributed by atoms with Crippen LogP contribution < -0.4 is 0 Å². The van der Waals surface area contributed by atoms with Crippen molar-refractivity contribution in [1.29, 1.82) is 0 Å². The summed E-state index contributed by atoms with van der Waals surface area (Å²) < 4.78 is 141. The summed E-state index contributed by atoms with van der Waals surface area (Å²) >= 11 is 0. The molecule has 0 radical (unpaired) electrons. The smallest absolute Gasteiger partial charge is 0.433 e. The van der Waals surface area contributed by atoms with Gasteiger partial charge < -0.3 is 4.74 Å². The maximum absolute atomic E-state index is 14.6. The number of hydrogen-bond donors (Lipinski definition) is 0. The number of pyridine rings is 1. The predicted octanol–water partition coefficient (Wildman–Crippen LogP) is 9.46. The summed E-state index contributed by atoms with van der Waals surface area (Å²) in [6.45, 7) is 5.66. The van der Waals surface area contributed by atoms with E-state index >= 15 is 0 Å². The second-order valence-electron chi connectivity index (χ2n) is 10.6.